The first-order valence-corrected chi connectivity index (χ1v) is 13.3. The van der Waals surface area contributed by atoms with Crippen molar-refractivity contribution >= 4 is 29.4 Å². The predicted molar refractivity (Wildman–Crippen MR) is 154 cm³/mol. The fraction of sp³-hybridized carbons (Fsp3) is 0.290. The molecule has 0 fully saturated rings. The number of rotatable bonds is 15. The number of carbonyl (C=O) groups excluding carboxylic acids is 1. The summed E-state index contributed by atoms with van der Waals surface area (Å²) in [5, 5.41) is 9.39. The molecular weight excluding hydrogens is 553 g/mol. The summed E-state index contributed by atoms with van der Waals surface area (Å²) in [7, 11) is 0. The Kier molecular flexibility index (Phi) is 11.7. The lowest BCUT2D eigenvalue weighted by Crippen LogP contribution is -2.09. The SMILES string of the molecule is Nc1cc(N)c(CCCCCOc2ccc(/C=C/C(=O)Oc3ccc(OCCCC(F)(F)F)cc3)cc2)c(C(=O)O)c1. The molecule has 0 aliphatic heterocycles. The first kappa shape index (κ1) is 31.9. The maximum atomic E-state index is 12.2. The van der Waals surface area contributed by atoms with Gasteiger partial charge in [-0.1, -0.05) is 12.1 Å². The highest BCUT2D eigenvalue weighted by Crippen LogP contribution is 2.25. The zero-order chi connectivity index (χ0) is 30.5. The van der Waals surface area contributed by atoms with E-state index in [-0.39, 0.29) is 24.3 Å². The number of nitrogen functional groups attached to an aromatic ring is 2. The Labute approximate surface area is 241 Å². The van der Waals surface area contributed by atoms with Gasteiger partial charge in [0.1, 0.15) is 17.2 Å². The molecule has 0 bridgehead atoms. The van der Waals surface area contributed by atoms with Crippen molar-refractivity contribution in [1.29, 1.82) is 0 Å². The molecule has 11 heteroatoms. The van der Waals surface area contributed by atoms with Crippen molar-refractivity contribution < 1.29 is 42.1 Å². The fourth-order valence-corrected chi connectivity index (χ4v) is 4.01. The highest BCUT2D eigenvalue weighted by Gasteiger charge is 2.26. The number of esters is 1. The van der Waals surface area contributed by atoms with Crippen LogP contribution in [-0.2, 0) is 11.2 Å². The van der Waals surface area contributed by atoms with Gasteiger partial charge in [-0.15, -0.1) is 0 Å². The molecule has 0 saturated heterocycles. The molecule has 0 atom stereocenters. The van der Waals surface area contributed by atoms with E-state index < -0.39 is 24.5 Å². The van der Waals surface area contributed by atoms with Crippen LogP contribution >= 0.6 is 0 Å². The van der Waals surface area contributed by atoms with E-state index in [1.54, 1.807) is 36.4 Å². The number of carbonyl (C=O) groups is 2. The van der Waals surface area contributed by atoms with Gasteiger partial charge < -0.3 is 30.8 Å². The molecule has 0 aliphatic carbocycles. The van der Waals surface area contributed by atoms with E-state index in [2.05, 4.69) is 0 Å². The molecule has 3 rings (SSSR count). The number of alkyl halides is 3. The summed E-state index contributed by atoms with van der Waals surface area (Å²) in [6.07, 6.45) is 0.497. The van der Waals surface area contributed by atoms with Gasteiger partial charge in [0.15, 0.2) is 0 Å². The monoisotopic (exact) mass is 586 g/mol. The highest BCUT2D eigenvalue weighted by atomic mass is 19.4. The lowest BCUT2D eigenvalue weighted by molar-refractivity contribution is -0.136. The molecule has 0 heterocycles. The molecule has 0 aromatic heterocycles. The van der Waals surface area contributed by atoms with Gasteiger partial charge in [0.2, 0.25) is 0 Å². The molecule has 3 aromatic carbocycles. The number of anilines is 2. The van der Waals surface area contributed by atoms with Crippen molar-refractivity contribution in [1.82, 2.24) is 0 Å². The first-order valence-electron chi connectivity index (χ1n) is 13.3. The van der Waals surface area contributed by atoms with E-state index in [4.69, 9.17) is 25.7 Å². The summed E-state index contributed by atoms with van der Waals surface area (Å²) < 4.78 is 52.8. The molecular formula is C31H33F3N2O6. The minimum absolute atomic E-state index is 0.0661. The van der Waals surface area contributed by atoms with Crippen LogP contribution < -0.4 is 25.7 Å². The average Bonchev–Trinajstić information content (AvgIpc) is 2.93. The van der Waals surface area contributed by atoms with Crippen LogP contribution in [0.15, 0.2) is 66.7 Å². The maximum absolute atomic E-state index is 12.2. The van der Waals surface area contributed by atoms with Crippen molar-refractivity contribution in [3.63, 3.8) is 0 Å². The van der Waals surface area contributed by atoms with E-state index in [1.807, 2.05) is 0 Å². The fourth-order valence-electron chi connectivity index (χ4n) is 4.01. The molecule has 0 unspecified atom stereocenters. The van der Waals surface area contributed by atoms with Crippen molar-refractivity contribution in [2.24, 2.45) is 0 Å². The van der Waals surface area contributed by atoms with E-state index >= 15 is 0 Å². The number of carboxylic acid groups (broad SMARTS) is 1. The lowest BCUT2D eigenvalue weighted by atomic mass is 9.98. The van der Waals surface area contributed by atoms with Gasteiger partial charge in [-0.2, -0.15) is 13.2 Å². The van der Waals surface area contributed by atoms with E-state index in [0.717, 1.165) is 24.8 Å². The van der Waals surface area contributed by atoms with Crippen LogP contribution in [0.5, 0.6) is 17.2 Å². The predicted octanol–water partition coefficient (Wildman–Crippen LogP) is 6.68. The Morgan fingerprint density at radius 2 is 1.40 bits per heavy atom. The number of aromatic carboxylic acids is 1. The summed E-state index contributed by atoms with van der Waals surface area (Å²) in [6.45, 7) is 0.422. The summed E-state index contributed by atoms with van der Waals surface area (Å²) in [6, 6.07) is 16.2. The van der Waals surface area contributed by atoms with Crippen LogP contribution in [0.25, 0.3) is 6.08 Å². The summed E-state index contributed by atoms with van der Waals surface area (Å²) >= 11 is 0. The molecule has 0 radical (unpaired) electrons. The Balaban J connectivity index is 1.35. The standard InChI is InChI=1S/C31H33F3N2O6/c32-31(33,34)16-4-18-41-24-11-13-25(14-12-24)42-29(37)15-8-21-6-9-23(10-7-21)40-17-3-1-2-5-26-27(30(38)39)19-22(35)20-28(26)36/h6-15,19-20H,1-5,16-18,35-36H2,(H,38,39)/b15-8+. The molecule has 224 valence electrons. The van der Waals surface area contributed by atoms with Crippen molar-refractivity contribution in [2.75, 3.05) is 24.7 Å². The third kappa shape index (κ3) is 11.1. The second-order valence-electron chi connectivity index (χ2n) is 9.46. The minimum Gasteiger partial charge on any atom is -0.494 e. The normalized spacial score (nSPS) is 11.4. The smallest absolute Gasteiger partial charge is 0.389 e. The topological polar surface area (TPSA) is 134 Å². The van der Waals surface area contributed by atoms with Gasteiger partial charge in [0.25, 0.3) is 0 Å². The van der Waals surface area contributed by atoms with Crippen LogP contribution in [0.4, 0.5) is 24.5 Å². The van der Waals surface area contributed by atoms with Crippen LogP contribution in [0.1, 0.15) is 53.6 Å². The molecule has 5 N–H and O–H groups in total. The van der Waals surface area contributed by atoms with Gasteiger partial charge >= 0.3 is 18.1 Å². The Bertz CT molecular complexity index is 1360. The minimum atomic E-state index is -4.21. The lowest BCUT2D eigenvalue weighted by Gasteiger charge is -2.11. The number of hydrogen-bond donors (Lipinski definition) is 3. The van der Waals surface area contributed by atoms with Crippen molar-refractivity contribution in [2.45, 2.75) is 44.7 Å². The van der Waals surface area contributed by atoms with Crippen molar-refractivity contribution in [3.8, 4) is 17.2 Å². The van der Waals surface area contributed by atoms with E-state index in [0.29, 0.717) is 41.5 Å². The zero-order valence-electron chi connectivity index (χ0n) is 22.9. The Hall–Kier alpha value is -4.67. The molecule has 8 nitrogen and oxygen atoms in total. The zero-order valence-corrected chi connectivity index (χ0v) is 22.9. The maximum Gasteiger partial charge on any atom is 0.389 e. The van der Waals surface area contributed by atoms with Gasteiger partial charge in [0.05, 0.1) is 18.8 Å². The number of halogens is 3. The van der Waals surface area contributed by atoms with Gasteiger partial charge in [-0.3, -0.25) is 0 Å². The number of nitrogens with two attached hydrogens (primary N) is 2. The molecule has 42 heavy (non-hydrogen) atoms. The van der Waals surface area contributed by atoms with E-state index in [1.165, 1.54) is 36.4 Å². The number of ether oxygens (including phenoxy) is 3. The number of benzene rings is 3. The van der Waals surface area contributed by atoms with Crippen LogP contribution in [0, 0.1) is 0 Å². The van der Waals surface area contributed by atoms with Gasteiger partial charge in [0, 0.05) is 23.9 Å². The summed E-state index contributed by atoms with van der Waals surface area (Å²) in [5.74, 6) is -0.316. The largest absolute Gasteiger partial charge is 0.494 e. The molecule has 0 aliphatic rings. The number of unbranched alkanes of at least 4 members (excludes halogenated alkanes) is 2. The molecule has 0 saturated carbocycles. The molecule has 3 aromatic rings. The Morgan fingerprint density at radius 3 is 2.02 bits per heavy atom. The van der Waals surface area contributed by atoms with Crippen LogP contribution in [0.2, 0.25) is 0 Å². The van der Waals surface area contributed by atoms with Crippen LogP contribution in [-0.4, -0.2) is 36.4 Å². The Morgan fingerprint density at radius 1 is 0.810 bits per heavy atom. The molecule has 0 spiro atoms. The first-order chi connectivity index (χ1) is 20.0. The van der Waals surface area contributed by atoms with Crippen molar-refractivity contribution in [3.05, 3.63) is 83.4 Å². The average molecular weight is 587 g/mol. The van der Waals surface area contributed by atoms with Gasteiger partial charge in [-0.05, 0) is 97.8 Å². The quantitative estimate of drug-likeness (QED) is 0.0590. The number of hydrogen-bond acceptors (Lipinski definition) is 7. The van der Waals surface area contributed by atoms with Crippen LogP contribution in [0.3, 0.4) is 0 Å². The van der Waals surface area contributed by atoms with Gasteiger partial charge in [-0.25, -0.2) is 9.59 Å². The summed E-state index contributed by atoms with van der Waals surface area (Å²) in [5.41, 5.74) is 13.9. The number of carboxylic acids is 1. The second kappa shape index (κ2) is 15.4. The van der Waals surface area contributed by atoms with E-state index in [9.17, 15) is 27.9 Å². The third-order valence-electron chi connectivity index (χ3n) is 6.08. The molecule has 0 amide bonds. The highest BCUT2D eigenvalue weighted by molar-refractivity contribution is 5.92. The second-order valence-corrected chi connectivity index (χ2v) is 9.46. The third-order valence-corrected chi connectivity index (χ3v) is 6.08. The summed E-state index contributed by atoms with van der Waals surface area (Å²) in [4.78, 5) is 23.6.